The third-order valence-corrected chi connectivity index (χ3v) is 3.70. The van der Waals surface area contributed by atoms with E-state index in [1.165, 1.54) is 35.0 Å². The minimum absolute atomic E-state index is 0. The first-order valence-corrected chi connectivity index (χ1v) is 8.68. The fourth-order valence-corrected chi connectivity index (χ4v) is 2.69. The van der Waals surface area contributed by atoms with Crippen LogP contribution in [0.15, 0.2) is 24.4 Å². The summed E-state index contributed by atoms with van der Waals surface area (Å²) in [7, 11) is 4.23. The number of aryl methyl sites for hydroxylation is 1. The Hall–Kier alpha value is 0.325. The molecule has 0 radical (unpaired) electrons. The minimum atomic E-state index is 0. The van der Waals surface area contributed by atoms with Gasteiger partial charge < -0.3 is 14.8 Å². The van der Waals surface area contributed by atoms with Gasteiger partial charge in [-0.2, -0.15) is 0 Å². The molecule has 1 aromatic heterocycles. The Kier molecular flexibility index (Phi) is 12.8. The molecule has 0 N–H and O–H groups in total. The summed E-state index contributed by atoms with van der Waals surface area (Å²) in [5, 5.41) is 6.01. The quantitative estimate of drug-likeness (QED) is 0.791. The van der Waals surface area contributed by atoms with Crippen LogP contribution in [-0.2, 0) is 13.0 Å². The molecule has 0 atom stereocenters. The zero-order chi connectivity index (χ0) is 16.5. The number of nitrogens with zero attached hydrogens (tertiary/aromatic N) is 3. The maximum atomic E-state index is 4.61. The first-order valence-electron chi connectivity index (χ1n) is 8.68. The molecular weight excluding hydrogens is 356 g/mol. The smallest absolute Gasteiger partial charge is 0.684 e. The van der Waals surface area contributed by atoms with Crippen molar-refractivity contribution in [1.29, 1.82) is 0 Å². The molecule has 2 aromatic rings. The van der Waals surface area contributed by atoms with Crippen molar-refractivity contribution in [3.05, 3.63) is 35.3 Å². The van der Waals surface area contributed by atoms with Gasteiger partial charge in [0, 0.05) is 30.2 Å². The molecule has 0 unspecified atom stereocenters. The molecule has 23 heavy (non-hydrogen) atoms. The van der Waals surface area contributed by atoms with Gasteiger partial charge in [-0.25, -0.2) is 0 Å². The van der Waals surface area contributed by atoms with Crippen LogP contribution in [0.3, 0.4) is 0 Å². The Balaban J connectivity index is 0.000000901. The molecule has 0 fully saturated rings. The molecule has 3 rings (SSSR count). The van der Waals surface area contributed by atoms with Crippen molar-refractivity contribution in [3.8, 4) is 0 Å². The monoisotopic (exact) mass is 387 g/mol. The predicted octanol–water partition coefficient (Wildman–Crippen LogP) is 2.21. The normalized spacial score (nSPS) is 12.1. The van der Waals surface area contributed by atoms with Crippen molar-refractivity contribution in [2.75, 3.05) is 27.2 Å². The van der Waals surface area contributed by atoms with Crippen LogP contribution in [0.25, 0.3) is 16.2 Å². The molecule has 4 heteroatoms. The fourth-order valence-electron chi connectivity index (χ4n) is 2.69. The van der Waals surface area contributed by atoms with Crippen LogP contribution in [0.2, 0.25) is 0 Å². The van der Waals surface area contributed by atoms with Gasteiger partial charge in [-0.3, -0.25) is 0 Å². The van der Waals surface area contributed by atoms with E-state index >= 15 is 0 Å². The summed E-state index contributed by atoms with van der Waals surface area (Å²) in [6, 6.07) is 6.66. The molecule has 3 nitrogen and oxygen atoms in total. The van der Waals surface area contributed by atoms with E-state index in [1.807, 2.05) is 27.7 Å². The third kappa shape index (κ3) is 6.28. The first-order chi connectivity index (χ1) is 10.8. The summed E-state index contributed by atoms with van der Waals surface area (Å²) in [5.41, 5.74) is 4.01. The molecule has 0 amide bonds. The van der Waals surface area contributed by atoms with Crippen LogP contribution in [0.4, 0.5) is 5.69 Å². The first kappa shape index (κ1) is 23.3. The average Bonchev–Trinajstić information content (AvgIpc) is 3.00. The maximum Gasteiger partial charge on any atom is 1.00 e. The van der Waals surface area contributed by atoms with Crippen LogP contribution in [0, 0.1) is 0 Å². The molecule has 0 spiro atoms. The van der Waals surface area contributed by atoms with Crippen molar-refractivity contribution >= 4 is 16.6 Å². The van der Waals surface area contributed by atoms with E-state index in [0.717, 1.165) is 19.6 Å². The largest absolute Gasteiger partial charge is 1.00 e. The van der Waals surface area contributed by atoms with Crippen molar-refractivity contribution in [3.63, 3.8) is 0 Å². The van der Waals surface area contributed by atoms with Gasteiger partial charge in [-0.05, 0) is 32.6 Å². The second kappa shape index (κ2) is 12.7. The van der Waals surface area contributed by atoms with Crippen molar-refractivity contribution in [2.45, 2.75) is 47.1 Å². The summed E-state index contributed by atoms with van der Waals surface area (Å²) in [4.78, 5) is 2.22. The van der Waals surface area contributed by atoms with E-state index < -0.39 is 0 Å². The van der Waals surface area contributed by atoms with Gasteiger partial charge in [0.05, 0.1) is 0 Å². The van der Waals surface area contributed by atoms with Gasteiger partial charge in [0.2, 0.25) is 0 Å². The second-order valence-electron chi connectivity index (χ2n) is 5.29. The number of fused-ring (bicyclic) bond motifs is 3. The Morgan fingerprint density at radius 1 is 1.09 bits per heavy atom. The molecule has 1 aromatic carbocycles. The Bertz CT molecular complexity index is 561. The second-order valence-corrected chi connectivity index (χ2v) is 5.29. The molecule has 1 aliphatic heterocycles. The maximum absolute atomic E-state index is 4.61. The Morgan fingerprint density at radius 3 is 2.43 bits per heavy atom. The van der Waals surface area contributed by atoms with Crippen LogP contribution >= 0.6 is 0 Å². The van der Waals surface area contributed by atoms with Gasteiger partial charge in [-0.1, -0.05) is 45.7 Å². The standard InChI is InChI=1S/C15H20N3.2C2H6.Rb/c1-17(2)10-11-18-9-7-13-12-4-3-8-16-14(12)5-6-15(13)18;2*1-2;/h5-7,9H,3-4,8,10-11H2,1-2H3;2*1-2H3;/q-1;;;+1. The Morgan fingerprint density at radius 2 is 1.78 bits per heavy atom. The molecular formula is C19H32N3Rb. The molecule has 0 saturated carbocycles. The van der Waals surface area contributed by atoms with Gasteiger partial charge in [0.15, 0.2) is 0 Å². The zero-order valence-corrected chi connectivity index (χ0v) is 21.1. The fraction of sp³-hybridized carbons (Fsp3) is 0.579. The predicted molar refractivity (Wildman–Crippen MR) is 99.4 cm³/mol. The van der Waals surface area contributed by atoms with E-state index in [4.69, 9.17) is 0 Å². The van der Waals surface area contributed by atoms with Gasteiger partial charge in [0.1, 0.15) is 0 Å². The summed E-state index contributed by atoms with van der Waals surface area (Å²) in [6.45, 7) is 11.1. The molecule has 0 bridgehead atoms. The molecule has 124 valence electrons. The zero-order valence-electron chi connectivity index (χ0n) is 16.2. The molecule has 0 saturated heterocycles. The van der Waals surface area contributed by atoms with Crippen LogP contribution in [0.1, 0.15) is 39.7 Å². The van der Waals surface area contributed by atoms with Crippen LogP contribution in [-0.4, -0.2) is 36.7 Å². The summed E-state index contributed by atoms with van der Waals surface area (Å²) < 4.78 is 2.35. The molecule has 1 aliphatic rings. The summed E-state index contributed by atoms with van der Waals surface area (Å²) in [6.07, 6.45) is 4.58. The van der Waals surface area contributed by atoms with Gasteiger partial charge in [0.25, 0.3) is 0 Å². The van der Waals surface area contributed by atoms with E-state index in [-0.39, 0.29) is 58.2 Å². The Labute approximate surface area is 191 Å². The van der Waals surface area contributed by atoms with Crippen LogP contribution in [0.5, 0.6) is 0 Å². The van der Waals surface area contributed by atoms with E-state index in [1.54, 1.807) is 0 Å². The average molecular weight is 388 g/mol. The number of likely N-dealkylation sites (N-methyl/N-ethyl adjacent to an activating group) is 1. The summed E-state index contributed by atoms with van der Waals surface area (Å²) >= 11 is 0. The van der Waals surface area contributed by atoms with E-state index in [0.29, 0.717) is 0 Å². The van der Waals surface area contributed by atoms with Crippen molar-refractivity contribution in [1.82, 2.24) is 9.47 Å². The number of rotatable bonds is 3. The van der Waals surface area contributed by atoms with Crippen LogP contribution < -0.4 is 58.2 Å². The molecule has 2 heterocycles. The minimum Gasteiger partial charge on any atom is -0.684 e. The van der Waals surface area contributed by atoms with Crippen molar-refractivity contribution in [2.24, 2.45) is 0 Å². The summed E-state index contributed by atoms with van der Waals surface area (Å²) in [5.74, 6) is 0. The van der Waals surface area contributed by atoms with Gasteiger partial charge >= 0.3 is 58.2 Å². The number of benzene rings is 1. The van der Waals surface area contributed by atoms with E-state index in [2.05, 4.69) is 53.3 Å². The number of aromatic nitrogens is 1. The number of hydrogen-bond donors (Lipinski definition) is 0. The third-order valence-electron chi connectivity index (χ3n) is 3.70. The van der Waals surface area contributed by atoms with Crippen molar-refractivity contribution < 1.29 is 58.2 Å². The number of hydrogen-bond acceptors (Lipinski definition) is 1. The SMILES string of the molecule is CC.CC.CN(C)CCn1ccc2c3c(ccc21)[N-]CCC3.[Rb+]. The topological polar surface area (TPSA) is 22.3 Å². The van der Waals surface area contributed by atoms with E-state index in [9.17, 15) is 0 Å². The molecule has 0 aliphatic carbocycles. The van der Waals surface area contributed by atoms with Gasteiger partial charge in [-0.15, -0.1) is 12.2 Å².